The summed E-state index contributed by atoms with van der Waals surface area (Å²) in [6.07, 6.45) is 2.61. The van der Waals surface area contributed by atoms with Crippen LogP contribution in [-0.2, 0) is 11.2 Å². The maximum absolute atomic E-state index is 10.8. The lowest BCUT2D eigenvalue weighted by atomic mass is 10.1. The molecule has 2 heteroatoms. The van der Waals surface area contributed by atoms with Crippen molar-refractivity contribution in [2.24, 2.45) is 0 Å². The van der Waals surface area contributed by atoms with E-state index in [0.29, 0.717) is 5.57 Å². The first kappa shape index (κ1) is 7.10. The molecule has 0 aliphatic heterocycles. The number of amides is 1. The van der Waals surface area contributed by atoms with Crippen molar-refractivity contribution < 1.29 is 4.79 Å². The van der Waals surface area contributed by atoms with Crippen molar-refractivity contribution >= 4 is 11.5 Å². The van der Waals surface area contributed by atoms with Gasteiger partial charge >= 0.3 is 0 Å². The molecule has 2 nitrogen and oxygen atoms in total. The Morgan fingerprint density at radius 3 is 2.83 bits per heavy atom. The van der Waals surface area contributed by atoms with E-state index in [9.17, 15) is 4.79 Å². The SMILES string of the molecule is [NH]C(=O)C1=CCc2ccccc21. The number of carbonyl (C=O) groups excluding carboxylic acids is 1. The first-order valence-corrected chi connectivity index (χ1v) is 3.83. The zero-order chi connectivity index (χ0) is 8.55. The summed E-state index contributed by atoms with van der Waals surface area (Å²) >= 11 is 0. The van der Waals surface area contributed by atoms with Gasteiger partial charge in [0.1, 0.15) is 0 Å². The standard InChI is InChI=1S/C10H8NO/c11-10(12)9-6-5-7-3-1-2-4-8(7)9/h1-4,6,11H,5H2. The molecule has 59 valence electrons. The van der Waals surface area contributed by atoms with E-state index in [-0.39, 0.29) is 0 Å². The van der Waals surface area contributed by atoms with Crippen molar-refractivity contribution in [3.63, 3.8) is 0 Å². The van der Waals surface area contributed by atoms with E-state index in [2.05, 4.69) is 0 Å². The molecule has 1 amide bonds. The summed E-state index contributed by atoms with van der Waals surface area (Å²) in [6, 6.07) is 7.72. The van der Waals surface area contributed by atoms with Gasteiger partial charge in [0.2, 0.25) is 0 Å². The van der Waals surface area contributed by atoms with Crippen molar-refractivity contribution in [3.05, 3.63) is 41.5 Å². The third-order valence-corrected chi connectivity index (χ3v) is 2.08. The van der Waals surface area contributed by atoms with Gasteiger partial charge in [-0.25, -0.2) is 0 Å². The van der Waals surface area contributed by atoms with Gasteiger partial charge in [-0.15, -0.1) is 0 Å². The quantitative estimate of drug-likeness (QED) is 0.609. The summed E-state index contributed by atoms with van der Waals surface area (Å²) in [4.78, 5) is 10.8. The summed E-state index contributed by atoms with van der Waals surface area (Å²) in [5.41, 5.74) is 9.62. The summed E-state index contributed by atoms with van der Waals surface area (Å²) in [6.45, 7) is 0. The molecule has 0 unspecified atom stereocenters. The molecule has 12 heavy (non-hydrogen) atoms. The fourth-order valence-corrected chi connectivity index (χ4v) is 1.50. The van der Waals surface area contributed by atoms with Crippen LogP contribution in [0.1, 0.15) is 11.1 Å². The zero-order valence-electron chi connectivity index (χ0n) is 6.50. The Morgan fingerprint density at radius 1 is 1.33 bits per heavy atom. The Bertz CT molecular complexity index is 366. The monoisotopic (exact) mass is 158 g/mol. The highest BCUT2D eigenvalue weighted by molar-refractivity contribution is 6.19. The van der Waals surface area contributed by atoms with Gasteiger partial charge in [0.15, 0.2) is 0 Å². The van der Waals surface area contributed by atoms with Crippen molar-refractivity contribution in [3.8, 4) is 0 Å². The third-order valence-electron chi connectivity index (χ3n) is 2.08. The number of carbonyl (C=O) groups is 1. The van der Waals surface area contributed by atoms with Crippen molar-refractivity contribution in [2.75, 3.05) is 0 Å². The fraction of sp³-hybridized carbons (Fsp3) is 0.100. The molecule has 1 N–H and O–H groups in total. The Kier molecular flexibility index (Phi) is 1.47. The Hall–Kier alpha value is -1.57. The second kappa shape index (κ2) is 2.48. The van der Waals surface area contributed by atoms with Crippen LogP contribution >= 0.6 is 0 Å². The van der Waals surface area contributed by atoms with Gasteiger partial charge in [0.05, 0.1) is 0 Å². The number of benzene rings is 1. The normalized spacial score (nSPS) is 13.8. The summed E-state index contributed by atoms with van der Waals surface area (Å²) < 4.78 is 0. The van der Waals surface area contributed by atoms with Crippen LogP contribution in [0.3, 0.4) is 0 Å². The maximum Gasteiger partial charge on any atom is 0.269 e. The minimum absolute atomic E-state index is 0.547. The highest BCUT2D eigenvalue weighted by atomic mass is 16.1. The van der Waals surface area contributed by atoms with Crippen molar-refractivity contribution in [1.29, 1.82) is 0 Å². The molecule has 1 aromatic rings. The highest BCUT2D eigenvalue weighted by Gasteiger charge is 2.16. The Morgan fingerprint density at radius 2 is 2.08 bits per heavy atom. The molecule has 0 saturated carbocycles. The van der Waals surface area contributed by atoms with Crippen LogP contribution in [0.25, 0.3) is 5.57 Å². The Labute approximate surface area is 70.7 Å². The van der Waals surface area contributed by atoms with Crippen LogP contribution in [-0.4, -0.2) is 5.91 Å². The smallest absolute Gasteiger partial charge is 0.267 e. The van der Waals surface area contributed by atoms with Crippen molar-refractivity contribution in [2.45, 2.75) is 6.42 Å². The molecular formula is C10H8NO. The van der Waals surface area contributed by atoms with E-state index in [1.54, 1.807) is 0 Å². The van der Waals surface area contributed by atoms with Gasteiger partial charge in [-0.3, -0.25) is 10.5 Å². The van der Waals surface area contributed by atoms with Crippen LogP contribution in [0.5, 0.6) is 0 Å². The van der Waals surface area contributed by atoms with Crippen LogP contribution in [0, 0.1) is 0 Å². The average molecular weight is 158 g/mol. The summed E-state index contributed by atoms with van der Waals surface area (Å²) in [5.74, 6) is -0.583. The second-order valence-corrected chi connectivity index (χ2v) is 2.81. The number of allylic oxidation sites excluding steroid dienone is 1. The molecule has 0 bridgehead atoms. The molecular weight excluding hydrogens is 150 g/mol. The van der Waals surface area contributed by atoms with E-state index in [1.165, 1.54) is 0 Å². The molecule has 1 aromatic carbocycles. The molecule has 0 atom stereocenters. The molecule has 0 fully saturated rings. The van der Waals surface area contributed by atoms with E-state index < -0.39 is 5.91 Å². The van der Waals surface area contributed by atoms with Gasteiger partial charge in [-0.1, -0.05) is 30.3 Å². The van der Waals surface area contributed by atoms with Crippen LogP contribution in [0.2, 0.25) is 0 Å². The molecule has 0 saturated heterocycles. The lowest BCUT2D eigenvalue weighted by Gasteiger charge is -1.99. The lowest BCUT2D eigenvalue weighted by Crippen LogP contribution is -1.99. The lowest BCUT2D eigenvalue weighted by molar-refractivity contribution is -0.113. The average Bonchev–Trinajstić information content (AvgIpc) is 2.47. The minimum Gasteiger partial charge on any atom is -0.267 e. The van der Waals surface area contributed by atoms with Gasteiger partial charge in [-0.2, -0.15) is 0 Å². The molecule has 1 radical (unpaired) electrons. The number of fused-ring (bicyclic) bond motifs is 1. The van der Waals surface area contributed by atoms with E-state index in [1.807, 2.05) is 30.3 Å². The molecule has 0 spiro atoms. The van der Waals surface area contributed by atoms with Crippen LogP contribution in [0.4, 0.5) is 0 Å². The zero-order valence-corrected chi connectivity index (χ0v) is 6.50. The largest absolute Gasteiger partial charge is 0.269 e. The van der Waals surface area contributed by atoms with Crippen molar-refractivity contribution in [1.82, 2.24) is 5.73 Å². The van der Waals surface area contributed by atoms with Gasteiger partial charge in [0, 0.05) is 5.57 Å². The number of nitrogens with one attached hydrogen (secondary N) is 1. The third kappa shape index (κ3) is 0.925. The van der Waals surface area contributed by atoms with Crippen LogP contribution in [0.15, 0.2) is 30.3 Å². The molecule has 1 aliphatic rings. The number of rotatable bonds is 1. The molecule has 2 rings (SSSR count). The molecule has 1 aliphatic carbocycles. The topological polar surface area (TPSA) is 40.9 Å². The second-order valence-electron chi connectivity index (χ2n) is 2.81. The van der Waals surface area contributed by atoms with E-state index in [0.717, 1.165) is 17.5 Å². The van der Waals surface area contributed by atoms with Gasteiger partial charge in [0.25, 0.3) is 5.91 Å². The van der Waals surface area contributed by atoms with Gasteiger partial charge in [-0.05, 0) is 17.5 Å². The molecule has 0 heterocycles. The predicted octanol–water partition coefficient (Wildman–Crippen LogP) is 1.44. The minimum atomic E-state index is -0.583. The Balaban J connectivity index is 2.52. The number of hydrogen-bond acceptors (Lipinski definition) is 1. The maximum atomic E-state index is 10.8. The fourth-order valence-electron chi connectivity index (χ4n) is 1.50. The predicted molar refractivity (Wildman–Crippen MR) is 46.2 cm³/mol. The van der Waals surface area contributed by atoms with Crippen LogP contribution < -0.4 is 5.73 Å². The first-order valence-electron chi connectivity index (χ1n) is 3.83. The summed E-state index contributed by atoms with van der Waals surface area (Å²) in [7, 11) is 0. The molecule has 0 aromatic heterocycles. The first-order chi connectivity index (χ1) is 5.79. The van der Waals surface area contributed by atoms with E-state index in [4.69, 9.17) is 5.73 Å². The number of hydrogen-bond donors (Lipinski definition) is 0. The highest BCUT2D eigenvalue weighted by Crippen LogP contribution is 2.26. The summed E-state index contributed by atoms with van der Waals surface area (Å²) in [5, 5.41) is 0. The van der Waals surface area contributed by atoms with Gasteiger partial charge < -0.3 is 0 Å². The van der Waals surface area contributed by atoms with E-state index >= 15 is 0 Å².